The van der Waals surface area contributed by atoms with E-state index in [1.807, 2.05) is 0 Å². The second-order valence-electron chi connectivity index (χ2n) is 4.38. The lowest BCUT2D eigenvalue weighted by Crippen LogP contribution is -2.22. The van der Waals surface area contributed by atoms with E-state index in [1.54, 1.807) is 0 Å². The van der Waals surface area contributed by atoms with Crippen LogP contribution in [0, 0.1) is 6.92 Å². The number of aliphatic hydroxyl groups excluding tert-OH is 2. The molecule has 0 radical (unpaired) electrons. The van der Waals surface area contributed by atoms with Gasteiger partial charge in [0.15, 0.2) is 5.12 Å². The topological polar surface area (TPSA) is 57.5 Å². The zero-order valence-electron chi connectivity index (χ0n) is 10.9. The van der Waals surface area contributed by atoms with E-state index >= 15 is 0 Å². The van der Waals surface area contributed by atoms with E-state index in [1.165, 1.54) is 13.8 Å². The highest BCUT2D eigenvalue weighted by molar-refractivity contribution is 8.13. The van der Waals surface area contributed by atoms with E-state index in [2.05, 4.69) is 0 Å². The first-order chi connectivity index (χ1) is 9.12. The summed E-state index contributed by atoms with van der Waals surface area (Å²) in [5.41, 5.74) is -0.354. The Bertz CT molecular complexity index is 488. The summed E-state index contributed by atoms with van der Waals surface area (Å²) in [5, 5.41) is 19.4. The van der Waals surface area contributed by atoms with E-state index in [9.17, 15) is 28.2 Å². The van der Waals surface area contributed by atoms with Crippen molar-refractivity contribution in [3.63, 3.8) is 0 Å². The summed E-state index contributed by atoms with van der Waals surface area (Å²) < 4.78 is 37.5. The Morgan fingerprint density at radius 3 is 2.40 bits per heavy atom. The predicted octanol–water partition coefficient (Wildman–Crippen LogP) is 2.69. The van der Waals surface area contributed by atoms with Gasteiger partial charge in [0.05, 0.1) is 11.7 Å². The zero-order chi connectivity index (χ0) is 15.5. The molecule has 0 aliphatic rings. The van der Waals surface area contributed by atoms with Gasteiger partial charge in [-0.1, -0.05) is 17.8 Å². The summed E-state index contributed by atoms with van der Waals surface area (Å²) in [4.78, 5) is 10.8. The second kappa shape index (κ2) is 6.60. The standard InChI is InChI=1S/C13H15F3O3S/c1-7-5-9(13(14,15)16)3-4-10(7)12(19)11(18)6-20-8(2)17/h3-5,11-12,18-19H,6H2,1-2H3. The van der Waals surface area contributed by atoms with Gasteiger partial charge >= 0.3 is 6.18 Å². The van der Waals surface area contributed by atoms with Crippen molar-refractivity contribution in [2.45, 2.75) is 32.2 Å². The van der Waals surface area contributed by atoms with Crippen LogP contribution in [0.1, 0.15) is 29.7 Å². The van der Waals surface area contributed by atoms with Crippen molar-refractivity contribution < 1.29 is 28.2 Å². The van der Waals surface area contributed by atoms with Gasteiger partial charge in [0, 0.05) is 12.7 Å². The Hall–Kier alpha value is -1.05. The third-order valence-electron chi connectivity index (χ3n) is 2.74. The molecule has 0 saturated heterocycles. The van der Waals surface area contributed by atoms with Crippen molar-refractivity contribution in [1.82, 2.24) is 0 Å². The van der Waals surface area contributed by atoms with Gasteiger partial charge in [-0.15, -0.1) is 0 Å². The van der Waals surface area contributed by atoms with Gasteiger partial charge in [0.25, 0.3) is 0 Å². The van der Waals surface area contributed by atoms with E-state index in [-0.39, 0.29) is 22.0 Å². The van der Waals surface area contributed by atoms with Crippen LogP contribution in [0.4, 0.5) is 13.2 Å². The molecule has 112 valence electrons. The Balaban J connectivity index is 2.88. The zero-order valence-corrected chi connectivity index (χ0v) is 11.8. The third-order valence-corrected chi connectivity index (χ3v) is 3.65. The van der Waals surface area contributed by atoms with Gasteiger partial charge in [0.2, 0.25) is 0 Å². The third kappa shape index (κ3) is 4.50. The normalized spacial score (nSPS) is 14.9. The number of benzene rings is 1. The predicted molar refractivity (Wildman–Crippen MR) is 70.3 cm³/mol. The summed E-state index contributed by atoms with van der Waals surface area (Å²) in [6.07, 6.45) is -7.00. The molecule has 0 bridgehead atoms. The van der Waals surface area contributed by atoms with Gasteiger partial charge in [0.1, 0.15) is 6.10 Å². The van der Waals surface area contributed by atoms with Crippen molar-refractivity contribution in [1.29, 1.82) is 0 Å². The van der Waals surface area contributed by atoms with Crippen molar-refractivity contribution in [3.8, 4) is 0 Å². The van der Waals surface area contributed by atoms with Gasteiger partial charge in [-0.2, -0.15) is 13.2 Å². The van der Waals surface area contributed by atoms with Gasteiger partial charge in [-0.25, -0.2) is 0 Å². The summed E-state index contributed by atoms with van der Waals surface area (Å²) in [5.74, 6) is -0.0169. The molecule has 2 N–H and O–H groups in total. The first kappa shape index (κ1) is 17.0. The van der Waals surface area contributed by atoms with E-state index in [4.69, 9.17) is 0 Å². The molecule has 7 heteroatoms. The van der Waals surface area contributed by atoms with Crippen molar-refractivity contribution in [3.05, 3.63) is 34.9 Å². The molecule has 0 saturated carbocycles. The minimum absolute atomic E-state index is 0.0169. The smallest absolute Gasteiger partial charge is 0.389 e. The summed E-state index contributed by atoms with van der Waals surface area (Å²) >= 11 is 0.847. The molecule has 0 spiro atoms. The molecule has 3 nitrogen and oxygen atoms in total. The summed E-state index contributed by atoms with van der Waals surface area (Å²) in [6.45, 7) is 2.76. The van der Waals surface area contributed by atoms with E-state index < -0.39 is 23.9 Å². The highest BCUT2D eigenvalue weighted by Gasteiger charge is 2.31. The van der Waals surface area contributed by atoms with Crippen LogP contribution in [-0.2, 0) is 11.0 Å². The molecule has 2 atom stereocenters. The van der Waals surface area contributed by atoms with Crippen LogP contribution in [0.3, 0.4) is 0 Å². The quantitative estimate of drug-likeness (QED) is 0.898. The first-order valence-corrected chi connectivity index (χ1v) is 6.78. The maximum atomic E-state index is 12.5. The van der Waals surface area contributed by atoms with Crippen LogP contribution in [0.15, 0.2) is 18.2 Å². The van der Waals surface area contributed by atoms with Crippen molar-refractivity contribution in [2.24, 2.45) is 0 Å². The highest BCUT2D eigenvalue weighted by Crippen LogP contribution is 2.32. The van der Waals surface area contributed by atoms with Crippen molar-refractivity contribution in [2.75, 3.05) is 5.75 Å². The van der Waals surface area contributed by atoms with Crippen LogP contribution >= 0.6 is 11.8 Å². The molecule has 0 aliphatic heterocycles. The van der Waals surface area contributed by atoms with E-state index in [0.29, 0.717) is 0 Å². The number of thioether (sulfide) groups is 1. The van der Waals surface area contributed by atoms with Crippen molar-refractivity contribution >= 4 is 16.9 Å². The number of hydrogen-bond acceptors (Lipinski definition) is 4. The summed E-state index contributed by atoms with van der Waals surface area (Å²) in [6, 6.07) is 2.92. The highest BCUT2D eigenvalue weighted by atomic mass is 32.2. The molecule has 1 rings (SSSR count). The maximum absolute atomic E-state index is 12.5. The second-order valence-corrected chi connectivity index (χ2v) is 5.58. The number of hydrogen-bond donors (Lipinski definition) is 2. The Morgan fingerprint density at radius 1 is 1.35 bits per heavy atom. The molecule has 20 heavy (non-hydrogen) atoms. The Morgan fingerprint density at radius 2 is 1.95 bits per heavy atom. The van der Waals surface area contributed by atoms with E-state index in [0.717, 1.165) is 30.0 Å². The monoisotopic (exact) mass is 308 g/mol. The maximum Gasteiger partial charge on any atom is 0.416 e. The number of carbonyl (C=O) groups excluding carboxylic acids is 1. The molecule has 1 aromatic rings. The van der Waals surface area contributed by atoms with Crippen LogP contribution < -0.4 is 0 Å². The van der Waals surface area contributed by atoms with Crippen LogP contribution in [-0.4, -0.2) is 27.2 Å². The molecule has 1 aromatic carbocycles. The molecule has 0 heterocycles. The first-order valence-electron chi connectivity index (χ1n) is 5.80. The largest absolute Gasteiger partial charge is 0.416 e. The van der Waals surface area contributed by atoms with Gasteiger partial charge in [-0.05, 0) is 30.2 Å². The fraction of sp³-hybridized carbons (Fsp3) is 0.462. The molecular weight excluding hydrogens is 293 g/mol. The lowest BCUT2D eigenvalue weighted by Gasteiger charge is -2.20. The Labute approximate surface area is 118 Å². The number of carbonyl (C=O) groups is 1. The minimum Gasteiger partial charge on any atom is -0.389 e. The Kier molecular flexibility index (Phi) is 5.61. The molecule has 2 unspecified atom stereocenters. The molecule has 0 amide bonds. The lowest BCUT2D eigenvalue weighted by atomic mass is 9.98. The van der Waals surface area contributed by atoms with Crippen LogP contribution in [0.2, 0.25) is 0 Å². The molecule has 0 aliphatic carbocycles. The van der Waals surface area contributed by atoms with Crippen LogP contribution in [0.25, 0.3) is 0 Å². The average molecular weight is 308 g/mol. The minimum atomic E-state index is -4.45. The number of aryl methyl sites for hydroxylation is 1. The van der Waals surface area contributed by atoms with Crippen LogP contribution in [0.5, 0.6) is 0 Å². The van der Waals surface area contributed by atoms with Gasteiger partial charge in [-0.3, -0.25) is 4.79 Å². The average Bonchev–Trinajstić information content (AvgIpc) is 2.33. The summed E-state index contributed by atoms with van der Waals surface area (Å²) in [7, 11) is 0. The molecular formula is C13H15F3O3S. The number of halogens is 3. The number of alkyl halides is 3. The number of rotatable bonds is 4. The number of aliphatic hydroxyl groups is 2. The fourth-order valence-electron chi connectivity index (χ4n) is 1.69. The van der Waals surface area contributed by atoms with Gasteiger partial charge < -0.3 is 10.2 Å². The molecule has 0 fully saturated rings. The lowest BCUT2D eigenvalue weighted by molar-refractivity contribution is -0.137. The molecule has 0 aromatic heterocycles. The fourth-order valence-corrected chi connectivity index (χ4v) is 2.27. The SMILES string of the molecule is CC(=O)SCC(O)C(O)c1ccc(C(F)(F)F)cc1C.